The minimum absolute atomic E-state index is 0.424. The van der Waals surface area contributed by atoms with E-state index in [9.17, 15) is 0 Å². The van der Waals surface area contributed by atoms with E-state index < -0.39 is 0 Å². The lowest BCUT2D eigenvalue weighted by Gasteiger charge is -2.31. The molecule has 1 fully saturated rings. The third-order valence-corrected chi connectivity index (χ3v) is 4.40. The first-order valence-electron chi connectivity index (χ1n) is 7.58. The van der Waals surface area contributed by atoms with Crippen molar-refractivity contribution >= 4 is 0 Å². The molecule has 1 aliphatic carbocycles. The highest BCUT2D eigenvalue weighted by Crippen LogP contribution is 2.31. The summed E-state index contributed by atoms with van der Waals surface area (Å²) in [5.74, 6) is 2.64. The van der Waals surface area contributed by atoms with Crippen molar-refractivity contribution in [3.05, 3.63) is 23.7 Å². The Kier molecular flexibility index (Phi) is 5.46. The zero-order valence-corrected chi connectivity index (χ0v) is 12.4. The van der Waals surface area contributed by atoms with E-state index in [-0.39, 0.29) is 0 Å². The fourth-order valence-corrected chi connectivity index (χ4v) is 2.75. The maximum absolute atomic E-state index is 6.08. The number of ether oxygens (including phenoxy) is 1. The van der Waals surface area contributed by atoms with Gasteiger partial charge in [0.2, 0.25) is 0 Å². The normalized spacial score (nSPS) is 27.6. The van der Waals surface area contributed by atoms with Crippen molar-refractivity contribution < 1.29 is 9.15 Å². The molecule has 0 saturated heterocycles. The minimum Gasteiger partial charge on any atom is -0.468 e. The molecule has 108 valence electrons. The topological polar surface area (TPSA) is 34.4 Å². The number of furan rings is 1. The standard InChI is InChI=1S/C16H27NO2/c1-4-17-10-16-14(7-8-18-16)11-19-15-6-5-12(2)13(3)9-15/h7-8,12-13,15,17H,4-6,9-11H2,1-3H3. The second kappa shape index (κ2) is 7.11. The van der Waals surface area contributed by atoms with Gasteiger partial charge in [-0.1, -0.05) is 20.8 Å². The van der Waals surface area contributed by atoms with Crippen LogP contribution in [-0.4, -0.2) is 12.6 Å². The molecule has 0 spiro atoms. The molecule has 1 aromatic rings. The quantitative estimate of drug-likeness (QED) is 0.851. The lowest BCUT2D eigenvalue weighted by Crippen LogP contribution is -2.26. The highest BCUT2D eigenvalue weighted by molar-refractivity contribution is 5.15. The maximum Gasteiger partial charge on any atom is 0.123 e. The number of nitrogens with one attached hydrogen (secondary N) is 1. The highest BCUT2D eigenvalue weighted by atomic mass is 16.5. The van der Waals surface area contributed by atoms with Crippen LogP contribution in [0.4, 0.5) is 0 Å². The van der Waals surface area contributed by atoms with E-state index in [0.717, 1.165) is 30.7 Å². The Balaban J connectivity index is 1.80. The van der Waals surface area contributed by atoms with Crippen molar-refractivity contribution in [2.75, 3.05) is 6.54 Å². The summed E-state index contributed by atoms with van der Waals surface area (Å²) in [5, 5.41) is 3.29. The molecule has 1 aliphatic rings. The van der Waals surface area contributed by atoms with Crippen LogP contribution >= 0.6 is 0 Å². The Hall–Kier alpha value is -0.800. The molecule has 0 amide bonds. The van der Waals surface area contributed by atoms with Gasteiger partial charge in [-0.15, -0.1) is 0 Å². The van der Waals surface area contributed by atoms with Gasteiger partial charge in [0, 0.05) is 5.56 Å². The van der Waals surface area contributed by atoms with Crippen LogP contribution in [0.1, 0.15) is 51.4 Å². The molecular formula is C16H27NO2. The predicted molar refractivity (Wildman–Crippen MR) is 76.8 cm³/mol. The first-order chi connectivity index (χ1) is 9.20. The van der Waals surface area contributed by atoms with Crippen molar-refractivity contribution in [2.24, 2.45) is 11.8 Å². The lowest BCUT2D eigenvalue weighted by molar-refractivity contribution is -0.00797. The van der Waals surface area contributed by atoms with E-state index in [2.05, 4.69) is 26.1 Å². The van der Waals surface area contributed by atoms with Gasteiger partial charge in [0.05, 0.1) is 25.5 Å². The van der Waals surface area contributed by atoms with Crippen LogP contribution in [0.2, 0.25) is 0 Å². The smallest absolute Gasteiger partial charge is 0.123 e. The Morgan fingerprint density at radius 1 is 1.32 bits per heavy atom. The van der Waals surface area contributed by atoms with Crippen molar-refractivity contribution in [3.63, 3.8) is 0 Å². The molecule has 0 aromatic carbocycles. The molecule has 1 saturated carbocycles. The number of rotatable bonds is 6. The van der Waals surface area contributed by atoms with Crippen LogP contribution < -0.4 is 5.32 Å². The molecule has 0 aliphatic heterocycles. The molecule has 0 radical (unpaired) electrons. The van der Waals surface area contributed by atoms with Crippen LogP contribution in [0, 0.1) is 11.8 Å². The molecule has 0 bridgehead atoms. The second-order valence-corrected chi connectivity index (χ2v) is 5.85. The summed E-state index contributed by atoms with van der Waals surface area (Å²) in [6.45, 7) is 9.23. The second-order valence-electron chi connectivity index (χ2n) is 5.85. The van der Waals surface area contributed by atoms with Crippen molar-refractivity contribution in [1.82, 2.24) is 5.32 Å². The van der Waals surface area contributed by atoms with Crippen LogP contribution in [0.5, 0.6) is 0 Å². The summed E-state index contributed by atoms with van der Waals surface area (Å²) in [7, 11) is 0. The van der Waals surface area contributed by atoms with E-state index in [1.165, 1.54) is 24.8 Å². The van der Waals surface area contributed by atoms with Gasteiger partial charge in [-0.05, 0) is 43.7 Å². The monoisotopic (exact) mass is 265 g/mol. The maximum atomic E-state index is 6.08. The molecule has 3 unspecified atom stereocenters. The zero-order chi connectivity index (χ0) is 13.7. The summed E-state index contributed by atoms with van der Waals surface area (Å²) in [6, 6.07) is 2.03. The van der Waals surface area contributed by atoms with E-state index in [4.69, 9.17) is 9.15 Å². The van der Waals surface area contributed by atoms with Crippen molar-refractivity contribution in [1.29, 1.82) is 0 Å². The molecule has 3 heteroatoms. The van der Waals surface area contributed by atoms with Gasteiger partial charge in [-0.3, -0.25) is 0 Å². The molecule has 19 heavy (non-hydrogen) atoms. The number of hydrogen-bond acceptors (Lipinski definition) is 3. The third kappa shape index (κ3) is 4.08. The molecule has 1 heterocycles. The Labute approximate surface area is 116 Å². The summed E-state index contributed by atoms with van der Waals surface area (Å²) in [4.78, 5) is 0. The first kappa shape index (κ1) is 14.6. The minimum atomic E-state index is 0.424. The highest BCUT2D eigenvalue weighted by Gasteiger charge is 2.25. The Bertz CT molecular complexity index is 375. The summed E-state index contributed by atoms with van der Waals surface area (Å²) in [6.07, 6.45) is 5.87. The molecule has 3 atom stereocenters. The molecule has 1 aromatic heterocycles. The molecule has 2 rings (SSSR count). The average Bonchev–Trinajstić information content (AvgIpc) is 2.85. The Morgan fingerprint density at radius 3 is 2.89 bits per heavy atom. The van der Waals surface area contributed by atoms with Gasteiger partial charge in [0.1, 0.15) is 5.76 Å². The SMILES string of the molecule is CCNCc1occc1COC1CCC(C)C(C)C1. The van der Waals surface area contributed by atoms with Gasteiger partial charge < -0.3 is 14.5 Å². The van der Waals surface area contributed by atoms with E-state index in [0.29, 0.717) is 12.7 Å². The average molecular weight is 265 g/mol. The van der Waals surface area contributed by atoms with Crippen molar-refractivity contribution in [3.8, 4) is 0 Å². The summed E-state index contributed by atoms with van der Waals surface area (Å²) >= 11 is 0. The third-order valence-electron chi connectivity index (χ3n) is 4.40. The molecular weight excluding hydrogens is 238 g/mol. The van der Waals surface area contributed by atoms with E-state index >= 15 is 0 Å². The van der Waals surface area contributed by atoms with Gasteiger partial charge >= 0.3 is 0 Å². The zero-order valence-electron chi connectivity index (χ0n) is 12.4. The fraction of sp³-hybridized carbons (Fsp3) is 0.750. The number of hydrogen-bond donors (Lipinski definition) is 1. The van der Waals surface area contributed by atoms with Crippen LogP contribution in [-0.2, 0) is 17.9 Å². The van der Waals surface area contributed by atoms with Gasteiger partial charge in [-0.25, -0.2) is 0 Å². The van der Waals surface area contributed by atoms with Gasteiger partial charge in [0.25, 0.3) is 0 Å². The Morgan fingerprint density at radius 2 is 2.16 bits per heavy atom. The predicted octanol–water partition coefficient (Wildman–Crippen LogP) is 3.73. The van der Waals surface area contributed by atoms with Gasteiger partial charge in [0.15, 0.2) is 0 Å². The fourth-order valence-electron chi connectivity index (χ4n) is 2.75. The lowest BCUT2D eigenvalue weighted by atomic mass is 9.80. The van der Waals surface area contributed by atoms with Crippen LogP contribution in [0.25, 0.3) is 0 Å². The van der Waals surface area contributed by atoms with Crippen LogP contribution in [0.3, 0.4) is 0 Å². The van der Waals surface area contributed by atoms with E-state index in [1.54, 1.807) is 6.26 Å². The van der Waals surface area contributed by atoms with Gasteiger partial charge in [-0.2, -0.15) is 0 Å². The van der Waals surface area contributed by atoms with Crippen LogP contribution in [0.15, 0.2) is 16.7 Å². The largest absolute Gasteiger partial charge is 0.468 e. The van der Waals surface area contributed by atoms with Crippen molar-refractivity contribution in [2.45, 2.75) is 59.3 Å². The summed E-state index contributed by atoms with van der Waals surface area (Å²) in [5.41, 5.74) is 1.19. The molecule has 1 N–H and O–H groups in total. The van der Waals surface area contributed by atoms with E-state index in [1.807, 2.05) is 6.07 Å². The molecule has 3 nitrogen and oxygen atoms in total. The first-order valence-corrected chi connectivity index (χ1v) is 7.58. The summed E-state index contributed by atoms with van der Waals surface area (Å²) < 4.78 is 11.6.